The van der Waals surface area contributed by atoms with Crippen molar-refractivity contribution in [2.45, 2.75) is 24.3 Å². The highest BCUT2D eigenvalue weighted by molar-refractivity contribution is 7.89. The van der Waals surface area contributed by atoms with Crippen LogP contribution in [0.2, 0.25) is 0 Å². The van der Waals surface area contributed by atoms with E-state index in [0.29, 0.717) is 19.0 Å². The van der Waals surface area contributed by atoms with E-state index >= 15 is 0 Å². The standard InChI is InChI=1S/C21H23N5O2S/c1-15-9-12-26(29(27,28)20-6-4-3-5-16(20)13-22)14-19(15)25(2)18-8-11-24-21-17(18)7-10-23-21/h3-8,10-11,15,19H,9,12,14H2,1-2H3,(H,23,24)/t15-,19+/m1/s1. The van der Waals surface area contributed by atoms with Crippen molar-refractivity contribution >= 4 is 26.7 Å². The molecule has 0 amide bonds. The predicted octanol–water partition coefficient (Wildman–Crippen LogP) is 2.97. The molecule has 150 valence electrons. The van der Waals surface area contributed by atoms with Gasteiger partial charge in [0.1, 0.15) is 11.7 Å². The first-order chi connectivity index (χ1) is 13.9. The van der Waals surface area contributed by atoms with Gasteiger partial charge >= 0.3 is 0 Å². The van der Waals surface area contributed by atoms with Crippen LogP contribution in [0, 0.1) is 17.2 Å². The maximum atomic E-state index is 13.3. The quantitative estimate of drug-likeness (QED) is 0.715. The average molecular weight is 410 g/mol. The second kappa shape index (κ2) is 7.50. The van der Waals surface area contributed by atoms with Gasteiger partial charge in [0.05, 0.1) is 10.5 Å². The Hall–Kier alpha value is -2.89. The zero-order valence-corrected chi connectivity index (χ0v) is 17.2. The molecule has 0 spiro atoms. The molecule has 0 aliphatic carbocycles. The molecule has 1 saturated heterocycles. The van der Waals surface area contributed by atoms with Crippen LogP contribution in [0.3, 0.4) is 0 Å². The summed E-state index contributed by atoms with van der Waals surface area (Å²) in [5.41, 5.74) is 2.01. The minimum atomic E-state index is -3.74. The van der Waals surface area contributed by atoms with E-state index in [2.05, 4.69) is 21.8 Å². The van der Waals surface area contributed by atoms with E-state index < -0.39 is 10.0 Å². The maximum absolute atomic E-state index is 13.3. The molecule has 1 aromatic carbocycles. The number of piperidine rings is 1. The minimum absolute atomic E-state index is 0.00766. The van der Waals surface area contributed by atoms with Gasteiger partial charge in [0.15, 0.2) is 0 Å². The number of fused-ring (bicyclic) bond motifs is 1. The van der Waals surface area contributed by atoms with E-state index in [1.807, 2.05) is 31.4 Å². The molecule has 2 aromatic heterocycles. The Labute approximate surface area is 170 Å². The van der Waals surface area contributed by atoms with Crippen LogP contribution in [0.15, 0.2) is 53.7 Å². The summed E-state index contributed by atoms with van der Waals surface area (Å²) in [5.74, 6) is 0.319. The lowest BCUT2D eigenvalue weighted by Gasteiger charge is -2.42. The Balaban J connectivity index is 1.66. The smallest absolute Gasteiger partial charge is 0.244 e. The summed E-state index contributed by atoms with van der Waals surface area (Å²) >= 11 is 0. The summed E-state index contributed by atoms with van der Waals surface area (Å²) in [7, 11) is -1.74. The van der Waals surface area contributed by atoms with Gasteiger partial charge in [-0.3, -0.25) is 0 Å². The van der Waals surface area contributed by atoms with Crippen molar-refractivity contribution in [3.8, 4) is 6.07 Å². The number of benzene rings is 1. The largest absolute Gasteiger partial charge is 0.369 e. The number of hydrogen-bond acceptors (Lipinski definition) is 5. The number of H-pyrrole nitrogens is 1. The van der Waals surface area contributed by atoms with Gasteiger partial charge in [0.2, 0.25) is 10.0 Å². The third-order valence-electron chi connectivity index (χ3n) is 5.82. The number of anilines is 1. The summed E-state index contributed by atoms with van der Waals surface area (Å²) in [4.78, 5) is 9.70. The Morgan fingerprint density at radius 1 is 1.28 bits per heavy atom. The Kier molecular flexibility index (Phi) is 5.03. The van der Waals surface area contributed by atoms with Crippen molar-refractivity contribution < 1.29 is 8.42 Å². The van der Waals surface area contributed by atoms with Crippen LogP contribution in [-0.2, 0) is 10.0 Å². The van der Waals surface area contributed by atoms with Gasteiger partial charge in [-0.1, -0.05) is 19.1 Å². The van der Waals surface area contributed by atoms with E-state index in [0.717, 1.165) is 23.1 Å². The number of pyridine rings is 1. The third-order valence-corrected chi connectivity index (χ3v) is 7.74. The number of nitrogens with one attached hydrogen (secondary N) is 1. The molecule has 0 saturated carbocycles. The highest BCUT2D eigenvalue weighted by Gasteiger charge is 2.37. The Morgan fingerprint density at radius 3 is 2.86 bits per heavy atom. The van der Waals surface area contributed by atoms with Crippen molar-refractivity contribution in [1.82, 2.24) is 14.3 Å². The number of hydrogen-bond donors (Lipinski definition) is 1. The Morgan fingerprint density at radius 2 is 2.07 bits per heavy atom. The fraction of sp³-hybridized carbons (Fsp3) is 0.333. The fourth-order valence-electron chi connectivity index (χ4n) is 4.10. The number of nitrogens with zero attached hydrogens (tertiary/aromatic N) is 4. The average Bonchev–Trinajstić information content (AvgIpc) is 3.22. The van der Waals surface area contributed by atoms with Gasteiger partial charge in [-0.2, -0.15) is 9.57 Å². The van der Waals surface area contributed by atoms with E-state index in [1.165, 1.54) is 10.4 Å². The van der Waals surface area contributed by atoms with Crippen molar-refractivity contribution in [3.63, 3.8) is 0 Å². The Bertz CT molecular complexity index is 1180. The first-order valence-corrected chi connectivity index (χ1v) is 11.0. The monoisotopic (exact) mass is 409 g/mol. The van der Waals surface area contributed by atoms with Gasteiger partial charge < -0.3 is 9.88 Å². The lowest BCUT2D eigenvalue weighted by molar-refractivity contribution is 0.248. The summed E-state index contributed by atoms with van der Waals surface area (Å²) < 4.78 is 28.1. The molecule has 0 bridgehead atoms. The summed E-state index contributed by atoms with van der Waals surface area (Å²) in [6, 6.07) is 12.3. The van der Waals surface area contributed by atoms with Gasteiger partial charge in [0, 0.05) is 49.6 Å². The van der Waals surface area contributed by atoms with Crippen LogP contribution in [0.1, 0.15) is 18.9 Å². The van der Waals surface area contributed by atoms with Crippen molar-refractivity contribution in [2.75, 3.05) is 25.0 Å². The SMILES string of the molecule is C[C@@H]1CCN(S(=O)(=O)c2ccccc2C#N)C[C@@H]1N(C)c1ccnc2[nH]ccc12. The van der Waals surface area contributed by atoms with Crippen LogP contribution in [0.4, 0.5) is 5.69 Å². The molecule has 4 rings (SSSR count). The highest BCUT2D eigenvalue weighted by Crippen LogP contribution is 2.32. The molecule has 7 nitrogen and oxygen atoms in total. The summed E-state index contributed by atoms with van der Waals surface area (Å²) in [5, 5.41) is 10.4. The minimum Gasteiger partial charge on any atom is -0.369 e. The normalized spacial score (nSPS) is 20.4. The zero-order chi connectivity index (χ0) is 20.6. The number of nitriles is 1. The van der Waals surface area contributed by atoms with Crippen LogP contribution >= 0.6 is 0 Å². The number of rotatable bonds is 4. The zero-order valence-electron chi connectivity index (χ0n) is 16.4. The fourth-order valence-corrected chi connectivity index (χ4v) is 5.71. The molecule has 29 heavy (non-hydrogen) atoms. The van der Waals surface area contributed by atoms with E-state index in [-0.39, 0.29) is 16.5 Å². The van der Waals surface area contributed by atoms with E-state index in [1.54, 1.807) is 24.4 Å². The second-order valence-electron chi connectivity index (χ2n) is 7.49. The highest BCUT2D eigenvalue weighted by atomic mass is 32.2. The molecule has 0 radical (unpaired) electrons. The molecule has 2 atom stereocenters. The van der Waals surface area contributed by atoms with Gasteiger partial charge in [-0.05, 0) is 36.6 Å². The molecule has 8 heteroatoms. The van der Waals surface area contributed by atoms with Crippen molar-refractivity contribution in [1.29, 1.82) is 5.26 Å². The summed E-state index contributed by atoms with van der Waals surface area (Å²) in [6.07, 6.45) is 4.37. The summed E-state index contributed by atoms with van der Waals surface area (Å²) in [6.45, 7) is 2.97. The lowest BCUT2D eigenvalue weighted by Crippen LogP contribution is -2.52. The molecule has 3 heterocycles. The van der Waals surface area contributed by atoms with E-state index in [4.69, 9.17) is 0 Å². The molecule has 1 aliphatic heterocycles. The topological polar surface area (TPSA) is 93.1 Å². The molecule has 0 unspecified atom stereocenters. The third kappa shape index (κ3) is 3.37. The van der Waals surface area contributed by atoms with Crippen LogP contribution in [0.5, 0.6) is 0 Å². The van der Waals surface area contributed by atoms with E-state index in [9.17, 15) is 13.7 Å². The number of aromatic nitrogens is 2. The molecule has 3 aromatic rings. The van der Waals surface area contributed by atoms with Crippen LogP contribution in [0.25, 0.3) is 11.0 Å². The maximum Gasteiger partial charge on any atom is 0.244 e. The number of sulfonamides is 1. The first kappa shape index (κ1) is 19.4. The predicted molar refractivity (Wildman–Crippen MR) is 112 cm³/mol. The number of aromatic amines is 1. The van der Waals surface area contributed by atoms with Crippen molar-refractivity contribution in [3.05, 3.63) is 54.4 Å². The second-order valence-corrected chi connectivity index (χ2v) is 9.39. The van der Waals surface area contributed by atoms with Crippen molar-refractivity contribution in [2.24, 2.45) is 5.92 Å². The van der Waals surface area contributed by atoms with Gasteiger partial charge in [0.25, 0.3) is 0 Å². The molecule has 1 fully saturated rings. The lowest BCUT2D eigenvalue weighted by atomic mass is 9.93. The molecule has 1 N–H and O–H groups in total. The van der Waals surface area contributed by atoms with Crippen LogP contribution < -0.4 is 4.90 Å². The number of likely N-dealkylation sites (N-methyl/N-ethyl adjacent to an activating group) is 1. The van der Waals surface area contributed by atoms with Gasteiger partial charge in [-0.15, -0.1) is 0 Å². The molecular weight excluding hydrogens is 386 g/mol. The molecule has 1 aliphatic rings. The van der Waals surface area contributed by atoms with Gasteiger partial charge in [-0.25, -0.2) is 13.4 Å². The van der Waals surface area contributed by atoms with Crippen LogP contribution in [-0.4, -0.2) is 48.9 Å². The first-order valence-electron chi connectivity index (χ1n) is 9.57. The molecular formula is C21H23N5O2S.